The van der Waals surface area contributed by atoms with E-state index in [-0.39, 0.29) is 23.8 Å². The molecule has 5 nitrogen and oxygen atoms in total. The van der Waals surface area contributed by atoms with Crippen molar-refractivity contribution >= 4 is 34.5 Å². The molecule has 1 heterocycles. The molecule has 1 atom stereocenters. The van der Waals surface area contributed by atoms with E-state index >= 15 is 0 Å². The normalized spacial score (nSPS) is 14.8. The van der Waals surface area contributed by atoms with Crippen LogP contribution in [0, 0.1) is 5.92 Å². The van der Waals surface area contributed by atoms with Crippen LogP contribution in [0.2, 0.25) is 0 Å². The average molecular weight is 414 g/mol. The van der Waals surface area contributed by atoms with Gasteiger partial charge in [0.15, 0.2) is 0 Å². The maximum Gasteiger partial charge on any atom is 0.264 e. The van der Waals surface area contributed by atoms with E-state index in [4.69, 9.17) is 0 Å². The number of anilines is 2. The Kier molecular flexibility index (Phi) is 6.96. The van der Waals surface area contributed by atoms with Gasteiger partial charge in [-0.1, -0.05) is 19.4 Å². The van der Waals surface area contributed by atoms with Crippen LogP contribution in [-0.4, -0.2) is 36.9 Å². The van der Waals surface area contributed by atoms with Gasteiger partial charge in [-0.15, -0.1) is 11.3 Å². The summed E-state index contributed by atoms with van der Waals surface area (Å²) >= 11 is 1.47. The van der Waals surface area contributed by atoms with Gasteiger partial charge in [-0.2, -0.15) is 0 Å². The number of carbonyl (C=O) groups excluding carboxylic acids is 2. The molecule has 0 saturated heterocycles. The molecule has 2 aromatic rings. The largest absolute Gasteiger partial charge is 0.377 e. The van der Waals surface area contributed by atoms with Gasteiger partial charge in [0.1, 0.15) is 0 Å². The second-order valence-corrected chi connectivity index (χ2v) is 8.97. The first kappa shape index (κ1) is 21.4. The molecule has 2 amide bonds. The van der Waals surface area contributed by atoms with Crippen molar-refractivity contribution in [1.29, 1.82) is 0 Å². The quantitative estimate of drug-likeness (QED) is 0.663. The van der Waals surface area contributed by atoms with Crippen molar-refractivity contribution < 1.29 is 9.59 Å². The number of hydrogen-bond acceptors (Lipinski definition) is 4. The van der Waals surface area contributed by atoms with Crippen LogP contribution >= 0.6 is 11.3 Å². The molecular formula is C23H31N3O2S. The lowest BCUT2D eigenvalue weighted by molar-refractivity contribution is -0.122. The minimum absolute atomic E-state index is 0.0583. The van der Waals surface area contributed by atoms with Crippen molar-refractivity contribution in [2.24, 2.45) is 5.92 Å². The first-order chi connectivity index (χ1) is 13.9. The maximum absolute atomic E-state index is 13.1. The number of thiophene rings is 1. The van der Waals surface area contributed by atoms with Gasteiger partial charge in [0.2, 0.25) is 5.91 Å². The fraction of sp³-hybridized carbons (Fsp3) is 0.478. The van der Waals surface area contributed by atoms with Gasteiger partial charge in [-0.05, 0) is 61.4 Å². The van der Waals surface area contributed by atoms with Crippen LogP contribution < -0.4 is 10.2 Å². The third-order valence-electron chi connectivity index (χ3n) is 5.76. The van der Waals surface area contributed by atoms with Crippen LogP contribution in [0.5, 0.6) is 0 Å². The number of nitrogens with zero attached hydrogens (tertiary/aromatic N) is 2. The molecule has 1 N–H and O–H groups in total. The first-order valence-electron chi connectivity index (χ1n) is 10.4. The molecule has 0 bridgehead atoms. The van der Waals surface area contributed by atoms with E-state index in [1.807, 2.05) is 54.7 Å². The lowest BCUT2D eigenvalue weighted by atomic mass is 9.85. The summed E-state index contributed by atoms with van der Waals surface area (Å²) < 4.78 is 0. The molecule has 0 radical (unpaired) electrons. The van der Waals surface area contributed by atoms with Crippen LogP contribution in [0.15, 0.2) is 35.7 Å². The minimum Gasteiger partial charge on any atom is -0.377 e. The summed E-state index contributed by atoms with van der Waals surface area (Å²) in [4.78, 5) is 30.3. The topological polar surface area (TPSA) is 52.7 Å². The van der Waals surface area contributed by atoms with Gasteiger partial charge in [0.25, 0.3) is 5.91 Å². The lowest BCUT2D eigenvalue weighted by Gasteiger charge is -2.30. The number of amides is 2. The lowest BCUT2D eigenvalue weighted by Crippen LogP contribution is -2.37. The Balaban J connectivity index is 1.87. The summed E-state index contributed by atoms with van der Waals surface area (Å²) in [7, 11) is 4.00. The van der Waals surface area contributed by atoms with Crippen LogP contribution in [0.3, 0.4) is 0 Å². The molecule has 29 heavy (non-hydrogen) atoms. The SMILES string of the molecule is CC[C@@H](C)N(Cc1cc(NC(=O)C2CCC2)ccc1N(C)C)C(=O)c1cccs1. The first-order valence-corrected chi connectivity index (χ1v) is 11.2. The fourth-order valence-corrected chi connectivity index (χ4v) is 4.19. The molecule has 1 fully saturated rings. The van der Waals surface area contributed by atoms with Gasteiger partial charge in [-0.25, -0.2) is 0 Å². The molecule has 1 aromatic heterocycles. The molecule has 1 saturated carbocycles. The Labute approximate surface area is 177 Å². The number of nitrogens with one attached hydrogen (secondary N) is 1. The molecule has 1 aliphatic carbocycles. The van der Waals surface area contributed by atoms with Gasteiger partial charge in [-0.3, -0.25) is 9.59 Å². The molecule has 1 aromatic carbocycles. The highest BCUT2D eigenvalue weighted by Gasteiger charge is 2.26. The standard InChI is InChI=1S/C23H31N3O2S/c1-5-16(2)26(23(28)21-10-7-13-29-21)15-18-14-19(11-12-20(18)25(3)4)24-22(27)17-8-6-9-17/h7,10-14,16-17H,5-6,8-9,15H2,1-4H3,(H,24,27)/t16-/m1/s1. The third kappa shape index (κ3) is 4.99. The van der Waals surface area contributed by atoms with E-state index in [1.54, 1.807) is 0 Å². The summed E-state index contributed by atoms with van der Waals surface area (Å²) in [6.07, 6.45) is 3.97. The predicted octanol–water partition coefficient (Wildman–Crippen LogP) is 4.99. The summed E-state index contributed by atoms with van der Waals surface area (Å²) in [5, 5.41) is 5.00. The smallest absolute Gasteiger partial charge is 0.264 e. The summed E-state index contributed by atoms with van der Waals surface area (Å²) in [6, 6.07) is 9.90. The summed E-state index contributed by atoms with van der Waals surface area (Å²) in [5.41, 5.74) is 2.89. The number of carbonyl (C=O) groups is 2. The molecule has 3 rings (SSSR count). The highest BCUT2D eigenvalue weighted by molar-refractivity contribution is 7.12. The van der Waals surface area contributed by atoms with E-state index < -0.39 is 0 Å². The number of rotatable bonds is 8. The highest BCUT2D eigenvalue weighted by atomic mass is 32.1. The van der Waals surface area contributed by atoms with Crippen molar-refractivity contribution in [3.05, 3.63) is 46.2 Å². The zero-order valence-corrected chi connectivity index (χ0v) is 18.6. The van der Waals surface area contributed by atoms with Crippen molar-refractivity contribution in [2.75, 3.05) is 24.3 Å². The van der Waals surface area contributed by atoms with Crippen LogP contribution in [0.1, 0.15) is 54.8 Å². The zero-order chi connectivity index (χ0) is 21.0. The van der Waals surface area contributed by atoms with Gasteiger partial charge < -0.3 is 15.1 Å². The third-order valence-corrected chi connectivity index (χ3v) is 6.62. The van der Waals surface area contributed by atoms with Crippen molar-refractivity contribution in [1.82, 2.24) is 4.90 Å². The monoisotopic (exact) mass is 413 g/mol. The molecule has 0 spiro atoms. The zero-order valence-electron chi connectivity index (χ0n) is 17.8. The van der Waals surface area contributed by atoms with Crippen molar-refractivity contribution in [3.8, 4) is 0 Å². The average Bonchev–Trinajstić information content (AvgIpc) is 3.18. The summed E-state index contributed by atoms with van der Waals surface area (Å²) in [5.74, 6) is 0.306. The van der Waals surface area contributed by atoms with Gasteiger partial charge in [0, 0.05) is 44.0 Å². The Bertz CT molecular complexity index is 844. The number of benzene rings is 1. The highest BCUT2D eigenvalue weighted by Crippen LogP contribution is 2.30. The second kappa shape index (κ2) is 9.44. The van der Waals surface area contributed by atoms with Crippen molar-refractivity contribution in [3.63, 3.8) is 0 Å². The molecule has 0 unspecified atom stereocenters. The fourth-order valence-electron chi connectivity index (χ4n) is 3.51. The van der Waals surface area contributed by atoms with Gasteiger partial charge in [0.05, 0.1) is 4.88 Å². The molecule has 1 aliphatic rings. The Morgan fingerprint density at radius 3 is 2.55 bits per heavy atom. The van der Waals surface area contributed by atoms with E-state index in [0.29, 0.717) is 6.54 Å². The minimum atomic E-state index is 0.0583. The number of hydrogen-bond donors (Lipinski definition) is 1. The second-order valence-electron chi connectivity index (χ2n) is 8.02. The van der Waals surface area contributed by atoms with Crippen LogP contribution in [0.25, 0.3) is 0 Å². The Morgan fingerprint density at radius 1 is 1.24 bits per heavy atom. The van der Waals surface area contributed by atoms with Crippen LogP contribution in [0.4, 0.5) is 11.4 Å². The molecule has 156 valence electrons. The molecular weight excluding hydrogens is 382 g/mol. The maximum atomic E-state index is 13.1. The van der Waals surface area contributed by atoms with E-state index in [9.17, 15) is 9.59 Å². The Morgan fingerprint density at radius 2 is 2.00 bits per heavy atom. The predicted molar refractivity (Wildman–Crippen MR) is 121 cm³/mol. The van der Waals surface area contributed by atoms with E-state index in [1.165, 1.54) is 11.3 Å². The Hall–Kier alpha value is -2.34. The van der Waals surface area contributed by atoms with E-state index in [0.717, 1.165) is 47.5 Å². The van der Waals surface area contributed by atoms with Crippen molar-refractivity contribution in [2.45, 2.75) is 52.1 Å². The molecule has 0 aliphatic heterocycles. The summed E-state index contributed by atoms with van der Waals surface area (Å²) in [6.45, 7) is 4.69. The molecule has 6 heteroatoms. The van der Waals surface area contributed by atoms with Crippen LogP contribution in [-0.2, 0) is 11.3 Å². The van der Waals surface area contributed by atoms with E-state index in [2.05, 4.69) is 24.1 Å². The van der Waals surface area contributed by atoms with Gasteiger partial charge >= 0.3 is 0 Å².